The summed E-state index contributed by atoms with van der Waals surface area (Å²) in [5, 5.41) is 9.85. The zero-order valence-electron chi connectivity index (χ0n) is 9.43. The number of hydrogen-bond acceptors (Lipinski definition) is 3. The highest BCUT2D eigenvalue weighted by atomic mass is 16.5. The van der Waals surface area contributed by atoms with Gasteiger partial charge in [-0.1, -0.05) is 25.0 Å². The maximum absolute atomic E-state index is 9.85. The third-order valence-electron chi connectivity index (χ3n) is 2.94. The number of ether oxygens (including phenoxy) is 1. The molecule has 3 heteroatoms. The van der Waals surface area contributed by atoms with Crippen LogP contribution in [0, 0.1) is 5.92 Å². The number of aliphatic hydroxyl groups is 1. The molecule has 16 heavy (non-hydrogen) atoms. The van der Waals surface area contributed by atoms with E-state index in [4.69, 9.17) is 10.5 Å². The summed E-state index contributed by atoms with van der Waals surface area (Å²) in [7, 11) is 0. The molecule has 1 aromatic carbocycles. The molecule has 1 unspecified atom stereocenters. The highest BCUT2D eigenvalue weighted by molar-refractivity contribution is 5.41. The van der Waals surface area contributed by atoms with Crippen LogP contribution in [0.4, 0.5) is 5.69 Å². The molecule has 1 saturated carbocycles. The van der Waals surface area contributed by atoms with Crippen LogP contribution in [0.15, 0.2) is 24.3 Å². The molecule has 1 aliphatic carbocycles. The first-order valence-electron chi connectivity index (χ1n) is 5.87. The Morgan fingerprint density at radius 2 is 2.25 bits per heavy atom. The minimum Gasteiger partial charge on any atom is -0.399 e. The van der Waals surface area contributed by atoms with E-state index in [0.29, 0.717) is 12.3 Å². The number of nitrogens with two attached hydrogens (primary N) is 1. The Morgan fingerprint density at radius 1 is 1.44 bits per heavy atom. The molecule has 0 heterocycles. The van der Waals surface area contributed by atoms with Gasteiger partial charge in [0.2, 0.25) is 0 Å². The van der Waals surface area contributed by atoms with Crippen molar-refractivity contribution in [1.29, 1.82) is 0 Å². The van der Waals surface area contributed by atoms with Crippen LogP contribution in [0.25, 0.3) is 0 Å². The maximum Gasteiger partial charge on any atom is 0.102 e. The van der Waals surface area contributed by atoms with E-state index in [9.17, 15) is 5.11 Å². The Balaban J connectivity index is 1.71. The van der Waals surface area contributed by atoms with Gasteiger partial charge in [-0.05, 0) is 30.0 Å². The topological polar surface area (TPSA) is 55.5 Å². The molecule has 0 radical (unpaired) electrons. The summed E-state index contributed by atoms with van der Waals surface area (Å²) in [6.45, 7) is 1.11. The molecule has 0 aliphatic heterocycles. The molecule has 0 amide bonds. The largest absolute Gasteiger partial charge is 0.399 e. The quantitative estimate of drug-likeness (QED) is 0.571. The monoisotopic (exact) mass is 221 g/mol. The summed E-state index contributed by atoms with van der Waals surface area (Å²) in [6.07, 6.45) is 3.26. The summed E-state index contributed by atoms with van der Waals surface area (Å²) >= 11 is 0. The molecular formula is C13H19NO2. The van der Waals surface area contributed by atoms with E-state index in [-0.39, 0.29) is 0 Å². The van der Waals surface area contributed by atoms with Gasteiger partial charge in [0, 0.05) is 12.3 Å². The van der Waals surface area contributed by atoms with Gasteiger partial charge in [-0.2, -0.15) is 0 Å². The molecule has 3 nitrogen and oxygen atoms in total. The molecule has 0 saturated heterocycles. The van der Waals surface area contributed by atoms with Crippen molar-refractivity contribution < 1.29 is 9.84 Å². The van der Waals surface area contributed by atoms with Gasteiger partial charge in [-0.25, -0.2) is 0 Å². The molecule has 1 aliphatic rings. The Hall–Kier alpha value is -1.06. The van der Waals surface area contributed by atoms with Crippen molar-refractivity contribution in [2.75, 3.05) is 18.9 Å². The van der Waals surface area contributed by atoms with Crippen molar-refractivity contribution >= 4 is 5.69 Å². The summed E-state index contributed by atoms with van der Waals surface area (Å²) in [4.78, 5) is 0. The van der Waals surface area contributed by atoms with Crippen LogP contribution in [0.2, 0.25) is 0 Å². The fraction of sp³-hybridized carbons (Fsp3) is 0.538. The van der Waals surface area contributed by atoms with Gasteiger partial charge in [0.1, 0.15) is 6.10 Å². The fourth-order valence-corrected chi connectivity index (χ4v) is 1.71. The SMILES string of the molecule is Nc1cccc(C(O)COCCC2CC2)c1. The summed E-state index contributed by atoms with van der Waals surface area (Å²) in [5.74, 6) is 0.879. The van der Waals surface area contributed by atoms with E-state index in [1.54, 1.807) is 6.07 Å². The minimum atomic E-state index is -0.567. The number of rotatable bonds is 6. The van der Waals surface area contributed by atoms with E-state index in [0.717, 1.165) is 24.5 Å². The van der Waals surface area contributed by atoms with Crippen LogP contribution in [0.3, 0.4) is 0 Å². The third kappa shape index (κ3) is 3.51. The van der Waals surface area contributed by atoms with Crippen molar-refractivity contribution in [2.45, 2.75) is 25.4 Å². The molecule has 88 valence electrons. The lowest BCUT2D eigenvalue weighted by Crippen LogP contribution is -2.08. The lowest BCUT2D eigenvalue weighted by molar-refractivity contribution is 0.0337. The lowest BCUT2D eigenvalue weighted by atomic mass is 10.1. The smallest absolute Gasteiger partial charge is 0.102 e. The minimum absolute atomic E-state index is 0.357. The average molecular weight is 221 g/mol. The standard InChI is InChI=1S/C13H19NO2/c14-12-3-1-2-11(8-12)13(15)9-16-7-6-10-4-5-10/h1-3,8,10,13,15H,4-7,9,14H2. The zero-order valence-corrected chi connectivity index (χ0v) is 9.43. The van der Waals surface area contributed by atoms with Gasteiger partial charge in [0.15, 0.2) is 0 Å². The lowest BCUT2D eigenvalue weighted by Gasteiger charge is -2.12. The summed E-state index contributed by atoms with van der Waals surface area (Å²) in [6, 6.07) is 7.31. The van der Waals surface area contributed by atoms with Crippen molar-refractivity contribution in [3.05, 3.63) is 29.8 Å². The number of hydrogen-bond donors (Lipinski definition) is 2. The van der Waals surface area contributed by atoms with Gasteiger partial charge >= 0.3 is 0 Å². The molecule has 0 bridgehead atoms. The zero-order chi connectivity index (χ0) is 11.4. The van der Waals surface area contributed by atoms with Crippen LogP contribution in [-0.2, 0) is 4.74 Å². The highest BCUT2D eigenvalue weighted by Crippen LogP contribution is 2.32. The molecule has 0 spiro atoms. The highest BCUT2D eigenvalue weighted by Gasteiger charge is 2.20. The first kappa shape index (κ1) is 11.4. The van der Waals surface area contributed by atoms with Crippen LogP contribution >= 0.6 is 0 Å². The van der Waals surface area contributed by atoms with Crippen molar-refractivity contribution in [3.8, 4) is 0 Å². The molecular weight excluding hydrogens is 202 g/mol. The van der Waals surface area contributed by atoms with Crippen molar-refractivity contribution in [3.63, 3.8) is 0 Å². The van der Waals surface area contributed by atoms with E-state index >= 15 is 0 Å². The van der Waals surface area contributed by atoms with E-state index in [1.807, 2.05) is 18.2 Å². The molecule has 2 rings (SSSR count). The van der Waals surface area contributed by atoms with E-state index in [2.05, 4.69) is 0 Å². The summed E-state index contributed by atoms with van der Waals surface area (Å²) < 4.78 is 5.45. The number of anilines is 1. The molecule has 3 N–H and O–H groups in total. The molecule has 1 fully saturated rings. The predicted octanol–water partition coefficient (Wildman–Crippen LogP) is 2.12. The number of nitrogen functional groups attached to an aromatic ring is 1. The first-order valence-corrected chi connectivity index (χ1v) is 5.87. The Kier molecular flexibility index (Phi) is 3.80. The van der Waals surface area contributed by atoms with Gasteiger partial charge in [0.25, 0.3) is 0 Å². The fourth-order valence-electron chi connectivity index (χ4n) is 1.71. The van der Waals surface area contributed by atoms with Crippen LogP contribution in [0.5, 0.6) is 0 Å². The number of aliphatic hydroxyl groups excluding tert-OH is 1. The second-order valence-corrected chi connectivity index (χ2v) is 4.49. The Bertz CT molecular complexity index is 336. The van der Waals surface area contributed by atoms with Gasteiger partial charge in [0.05, 0.1) is 6.61 Å². The Labute approximate surface area is 96.2 Å². The molecule has 1 aromatic rings. The normalized spacial score (nSPS) is 17.3. The third-order valence-corrected chi connectivity index (χ3v) is 2.94. The van der Waals surface area contributed by atoms with Gasteiger partial charge in [-0.15, -0.1) is 0 Å². The van der Waals surface area contributed by atoms with Gasteiger partial charge < -0.3 is 15.6 Å². The molecule has 0 aromatic heterocycles. The van der Waals surface area contributed by atoms with Gasteiger partial charge in [-0.3, -0.25) is 0 Å². The van der Waals surface area contributed by atoms with E-state index < -0.39 is 6.10 Å². The van der Waals surface area contributed by atoms with Crippen LogP contribution < -0.4 is 5.73 Å². The Morgan fingerprint density at radius 3 is 2.94 bits per heavy atom. The van der Waals surface area contributed by atoms with Crippen LogP contribution in [0.1, 0.15) is 30.9 Å². The maximum atomic E-state index is 9.85. The predicted molar refractivity (Wildman–Crippen MR) is 64.0 cm³/mol. The second-order valence-electron chi connectivity index (χ2n) is 4.49. The van der Waals surface area contributed by atoms with Crippen molar-refractivity contribution in [1.82, 2.24) is 0 Å². The van der Waals surface area contributed by atoms with Crippen LogP contribution in [-0.4, -0.2) is 18.3 Å². The number of benzene rings is 1. The second kappa shape index (κ2) is 5.32. The first-order chi connectivity index (χ1) is 7.75. The van der Waals surface area contributed by atoms with Crippen molar-refractivity contribution in [2.24, 2.45) is 5.92 Å². The van der Waals surface area contributed by atoms with E-state index in [1.165, 1.54) is 12.8 Å². The summed E-state index contributed by atoms with van der Waals surface area (Å²) in [5.41, 5.74) is 7.15. The molecule has 1 atom stereocenters. The average Bonchev–Trinajstić information content (AvgIpc) is 3.08.